The molecule has 2 nitrogen and oxygen atoms in total. The lowest BCUT2D eigenvalue weighted by molar-refractivity contribution is 0.247. The zero-order valence-corrected chi connectivity index (χ0v) is 10.4. The molecule has 0 radical (unpaired) electrons. The van der Waals surface area contributed by atoms with Crippen LogP contribution < -0.4 is 0 Å². The van der Waals surface area contributed by atoms with Crippen LogP contribution in [0, 0.1) is 11.8 Å². The Labute approximate surface area is 94.7 Å². The molecule has 3 rings (SSSR count). The summed E-state index contributed by atoms with van der Waals surface area (Å²) in [6.07, 6.45) is 13.9. The van der Waals surface area contributed by atoms with Gasteiger partial charge >= 0.3 is 0 Å². The molecule has 3 fully saturated rings. The Kier molecular flexibility index (Phi) is 10.4. The first kappa shape index (κ1) is 14.9. The molecule has 0 aromatic rings. The number of hydrogen-bond acceptors (Lipinski definition) is 2. The Morgan fingerprint density at radius 3 is 0.933 bits per heavy atom. The highest BCUT2D eigenvalue weighted by molar-refractivity contribution is 4.73. The van der Waals surface area contributed by atoms with Crippen molar-refractivity contribution in [2.24, 2.45) is 11.8 Å². The van der Waals surface area contributed by atoms with Crippen LogP contribution >= 0.6 is 0 Å². The van der Waals surface area contributed by atoms with Crippen molar-refractivity contribution >= 4 is 0 Å². The summed E-state index contributed by atoms with van der Waals surface area (Å²) in [5, 5.41) is 14.0. The second kappa shape index (κ2) is 10.4. The Bertz CT molecular complexity index is 89.9. The standard InChI is InChI=1S/C11H20.2CH4O/c1-4-10-6-2-7-11(5-1)9-3-8-10;2*1-2/h10-11H,1-9H2;2*2H,1H3. The summed E-state index contributed by atoms with van der Waals surface area (Å²) >= 11 is 0. The van der Waals surface area contributed by atoms with Gasteiger partial charge in [-0.25, -0.2) is 0 Å². The van der Waals surface area contributed by atoms with Gasteiger partial charge < -0.3 is 10.2 Å². The average molecular weight is 216 g/mol. The average Bonchev–Trinajstić information content (AvgIpc) is 2.20. The molecule has 2 bridgehead atoms. The maximum absolute atomic E-state index is 7.00. The van der Waals surface area contributed by atoms with Crippen molar-refractivity contribution in [2.75, 3.05) is 14.2 Å². The maximum Gasteiger partial charge on any atom is 0.0319 e. The largest absolute Gasteiger partial charge is 0.400 e. The second-order valence-corrected chi connectivity index (χ2v) is 4.52. The van der Waals surface area contributed by atoms with Gasteiger partial charge in [-0.1, -0.05) is 57.8 Å². The van der Waals surface area contributed by atoms with E-state index in [2.05, 4.69) is 0 Å². The smallest absolute Gasteiger partial charge is 0.0319 e. The van der Waals surface area contributed by atoms with Crippen molar-refractivity contribution in [1.29, 1.82) is 0 Å². The van der Waals surface area contributed by atoms with Crippen molar-refractivity contribution in [3.63, 3.8) is 0 Å². The summed E-state index contributed by atoms with van der Waals surface area (Å²) in [6, 6.07) is 0. The summed E-state index contributed by atoms with van der Waals surface area (Å²) in [4.78, 5) is 0. The van der Waals surface area contributed by atoms with Crippen LogP contribution in [0.3, 0.4) is 0 Å². The molecule has 0 aromatic heterocycles. The number of rotatable bonds is 0. The van der Waals surface area contributed by atoms with E-state index in [-0.39, 0.29) is 0 Å². The number of aliphatic hydroxyl groups excluding tert-OH is 2. The van der Waals surface area contributed by atoms with Gasteiger partial charge in [0, 0.05) is 14.2 Å². The zero-order chi connectivity index (χ0) is 11.5. The predicted molar refractivity (Wildman–Crippen MR) is 64.8 cm³/mol. The van der Waals surface area contributed by atoms with Gasteiger partial charge in [0.05, 0.1) is 0 Å². The Morgan fingerprint density at radius 2 is 0.733 bits per heavy atom. The predicted octanol–water partition coefficient (Wildman–Crippen LogP) is 2.97. The van der Waals surface area contributed by atoms with E-state index in [1.165, 1.54) is 19.3 Å². The van der Waals surface area contributed by atoms with Crippen molar-refractivity contribution in [3.05, 3.63) is 0 Å². The number of hydrogen-bond donors (Lipinski definition) is 2. The van der Waals surface area contributed by atoms with Crippen LogP contribution in [-0.4, -0.2) is 24.4 Å². The van der Waals surface area contributed by atoms with Crippen LogP contribution in [0.4, 0.5) is 0 Å². The minimum absolute atomic E-state index is 1.00. The van der Waals surface area contributed by atoms with E-state index in [0.29, 0.717) is 0 Å². The molecule has 3 aliphatic carbocycles. The van der Waals surface area contributed by atoms with Gasteiger partial charge in [-0.2, -0.15) is 0 Å². The van der Waals surface area contributed by atoms with Gasteiger partial charge in [0.1, 0.15) is 0 Å². The van der Waals surface area contributed by atoms with Crippen LogP contribution in [0.25, 0.3) is 0 Å². The minimum Gasteiger partial charge on any atom is -0.400 e. The molecule has 0 amide bonds. The summed E-state index contributed by atoms with van der Waals surface area (Å²) in [7, 11) is 2.00. The second-order valence-electron chi connectivity index (χ2n) is 4.52. The molecule has 0 unspecified atom stereocenters. The molecule has 0 spiro atoms. The molecule has 0 heterocycles. The SMILES string of the molecule is C1CC2CCCC(C1)CCC2.CO.CO. The first-order valence-corrected chi connectivity index (χ1v) is 6.34. The van der Waals surface area contributed by atoms with Gasteiger partial charge in [0.25, 0.3) is 0 Å². The normalized spacial score (nSPS) is 29.6. The Morgan fingerprint density at radius 1 is 0.533 bits per heavy atom. The first-order chi connectivity index (χ1) is 7.45. The number of fused-ring (bicyclic) bond motifs is 6. The van der Waals surface area contributed by atoms with Crippen LogP contribution in [0.2, 0.25) is 0 Å². The van der Waals surface area contributed by atoms with Crippen molar-refractivity contribution in [1.82, 2.24) is 0 Å². The van der Waals surface area contributed by atoms with E-state index in [4.69, 9.17) is 10.2 Å². The molecule has 0 aromatic carbocycles. The van der Waals surface area contributed by atoms with Crippen molar-refractivity contribution < 1.29 is 10.2 Å². The summed E-state index contributed by atoms with van der Waals surface area (Å²) < 4.78 is 0. The first-order valence-electron chi connectivity index (χ1n) is 6.34. The topological polar surface area (TPSA) is 40.5 Å². The van der Waals surface area contributed by atoms with E-state index < -0.39 is 0 Å². The third-order valence-corrected chi connectivity index (χ3v) is 3.67. The molecule has 0 saturated heterocycles. The summed E-state index contributed by atoms with van der Waals surface area (Å²) in [5.41, 5.74) is 0. The summed E-state index contributed by atoms with van der Waals surface area (Å²) in [6.45, 7) is 0. The molecule has 2 N–H and O–H groups in total. The fourth-order valence-electron chi connectivity index (χ4n) is 2.95. The fourth-order valence-corrected chi connectivity index (χ4v) is 2.95. The van der Waals surface area contributed by atoms with Crippen LogP contribution in [0.15, 0.2) is 0 Å². The molecule has 15 heavy (non-hydrogen) atoms. The third kappa shape index (κ3) is 6.16. The lowest BCUT2D eigenvalue weighted by atomic mass is 9.78. The zero-order valence-electron chi connectivity index (χ0n) is 10.4. The van der Waals surface area contributed by atoms with Crippen LogP contribution in [-0.2, 0) is 0 Å². The van der Waals surface area contributed by atoms with Gasteiger partial charge in [0.2, 0.25) is 0 Å². The quantitative estimate of drug-likeness (QED) is 0.653. The highest BCUT2D eigenvalue weighted by Crippen LogP contribution is 2.35. The Hall–Kier alpha value is -0.0800. The van der Waals surface area contributed by atoms with Crippen LogP contribution in [0.5, 0.6) is 0 Å². The monoisotopic (exact) mass is 216 g/mol. The van der Waals surface area contributed by atoms with Gasteiger partial charge in [-0.15, -0.1) is 0 Å². The number of aliphatic hydroxyl groups is 2. The van der Waals surface area contributed by atoms with Crippen LogP contribution in [0.1, 0.15) is 57.8 Å². The lowest BCUT2D eigenvalue weighted by Crippen LogP contribution is -2.14. The highest BCUT2D eigenvalue weighted by Gasteiger charge is 2.20. The van der Waals surface area contributed by atoms with E-state index in [9.17, 15) is 0 Å². The molecular formula is C13H28O2. The Balaban J connectivity index is 0.000000442. The van der Waals surface area contributed by atoms with E-state index in [0.717, 1.165) is 26.1 Å². The molecular weight excluding hydrogens is 188 g/mol. The summed E-state index contributed by atoms with van der Waals surface area (Å²) in [5.74, 6) is 2.24. The highest BCUT2D eigenvalue weighted by atomic mass is 16.2. The lowest BCUT2D eigenvalue weighted by Gasteiger charge is -2.28. The fraction of sp³-hybridized carbons (Fsp3) is 1.00. The van der Waals surface area contributed by atoms with Gasteiger partial charge in [-0.3, -0.25) is 0 Å². The molecule has 3 aliphatic rings. The van der Waals surface area contributed by atoms with Crippen molar-refractivity contribution in [3.8, 4) is 0 Å². The minimum atomic E-state index is 1.00. The molecule has 0 atom stereocenters. The van der Waals surface area contributed by atoms with E-state index >= 15 is 0 Å². The third-order valence-electron chi connectivity index (χ3n) is 3.67. The molecule has 2 heteroatoms. The molecule has 92 valence electrons. The van der Waals surface area contributed by atoms with E-state index in [1.807, 2.05) is 0 Å². The molecule has 3 saturated carbocycles. The van der Waals surface area contributed by atoms with Gasteiger partial charge in [0.15, 0.2) is 0 Å². The van der Waals surface area contributed by atoms with E-state index in [1.54, 1.807) is 38.5 Å². The molecule has 0 aliphatic heterocycles. The van der Waals surface area contributed by atoms with Crippen molar-refractivity contribution in [2.45, 2.75) is 57.8 Å². The van der Waals surface area contributed by atoms with Gasteiger partial charge in [-0.05, 0) is 11.8 Å². The maximum atomic E-state index is 7.00.